The van der Waals surface area contributed by atoms with Gasteiger partial charge in [0.05, 0.1) is 38.1 Å². The van der Waals surface area contributed by atoms with Gasteiger partial charge < -0.3 is 29.5 Å². The largest absolute Gasteiger partial charge is 0.497 e. The molecule has 0 amide bonds. The lowest BCUT2D eigenvalue weighted by Gasteiger charge is -2.42. The Hall–Kier alpha value is -4.93. The maximum Gasteiger partial charge on any atom is 0.151 e. The van der Waals surface area contributed by atoms with E-state index in [-0.39, 0.29) is 17.6 Å². The molecule has 6 aromatic carbocycles. The van der Waals surface area contributed by atoms with Crippen molar-refractivity contribution in [2.24, 2.45) is 0 Å². The lowest BCUT2D eigenvalue weighted by atomic mass is 9.70. The van der Waals surface area contributed by atoms with E-state index in [2.05, 4.69) is 65.9 Å². The molecule has 2 saturated heterocycles. The number of rotatable bonds is 12. The minimum atomic E-state index is -0.868. The van der Waals surface area contributed by atoms with Gasteiger partial charge in [-0.25, -0.2) is 0 Å². The standard InChI is InChI=1S/C49H46Br2N2O5/c1-57-39-25-13-31(14-26-39)41-29-43(54)52(37-21-17-35(50)18-22-37)47(41)45(33-9-5-3-6-10-33)49(56)46(34-11-7-4-8-12-34)48-42(32-15-27-40(58-2)28-16-32)30-44(55)53(48)38-23-19-36(51)20-24-38/h3-28,41-48,54-55H,29-30H2,1-2H3/t41-,42-,43+,44+,45?,46?,47+,48+/m0/s1. The molecular formula is C49H46Br2N2O5. The van der Waals surface area contributed by atoms with Gasteiger partial charge in [0.1, 0.15) is 24.0 Å². The maximum absolute atomic E-state index is 16.6. The Morgan fingerprint density at radius 1 is 0.534 bits per heavy atom. The van der Waals surface area contributed by atoms with Crippen LogP contribution in [-0.2, 0) is 4.79 Å². The SMILES string of the molecule is COc1ccc([C@@H]2C[C@@H](O)N(c3ccc(Br)cc3)[C@H]2C(C(=O)C(c2ccccc2)[C@H]2[C@H](c3ccc(OC)cc3)C[C@@H](O)N2c2ccc(Br)cc2)c2ccccc2)cc1. The van der Waals surface area contributed by atoms with Crippen LogP contribution < -0.4 is 19.3 Å². The van der Waals surface area contributed by atoms with Gasteiger partial charge in [0, 0.05) is 45.0 Å². The van der Waals surface area contributed by atoms with Crippen molar-refractivity contribution < 1.29 is 24.5 Å². The molecule has 0 radical (unpaired) electrons. The number of nitrogens with zero attached hydrogens (tertiary/aromatic N) is 2. The van der Waals surface area contributed by atoms with Gasteiger partial charge >= 0.3 is 0 Å². The third kappa shape index (κ3) is 7.93. The number of carbonyl (C=O) groups is 1. The summed E-state index contributed by atoms with van der Waals surface area (Å²) in [7, 11) is 3.30. The topological polar surface area (TPSA) is 82.5 Å². The van der Waals surface area contributed by atoms with E-state index < -0.39 is 36.4 Å². The Labute approximate surface area is 357 Å². The van der Waals surface area contributed by atoms with Crippen LogP contribution in [0.2, 0.25) is 0 Å². The first-order chi connectivity index (χ1) is 28.2. The summed E-state index contributed by atoms with van der Waals surface area (Å²) in [5.41, 5.74) is 5.40. The number of ether oxygens (including phenoxy) is 2. The zero-order valence-electron chi connectivity index (χ0n) is 32.3. The van der Waals surface area contributed by atoms with Crippen LogP contribution in [0.3, 0.4) is 0 Å². The van der Waals surface area contributed by atoms with Crippen LogP contribution >= 0.6 is 31.9 Å². The molecule has 0 bridgehead atoms. The molecule has 2 N–H and O–H groups in total. The van der Waals surface area contributed by atoms with Gasteiger partial charge in [-0.2, -0.15) is 0 Å². The van der Waals surface area contributed by atoms with Gasteiger partial charge in [0.15, 0.2) is 5.78 Å². The summed E-state index contributed by atoms with van der Waals surface area (Å²) in [6.07, 6.45) is -0.901. The highest BCUT2D eigenvalue weighted by molar-refractivity contribution is 9.10. The number of benzene rings is 6. The third-order valence-corrected chi connectivity index (χ3v) is 13.0. The van der Waals surface area contributed by atoms with Crippen LogP contribution in [0.1, 0.15) is 58.8 Å². The number of aliphatic hydroxyl groups is 2. The number of halogens is 2. The van der Waals surface area contributed by atoms with Gasteiger partial charge in [-0.1, -0.05) is 117 Å². The van der Waals surface area contributed by atoms with Crippen molar-refractivity contribution in [2.75, 3.05) is 24.0 Å². The normalized spacial score (nSPS) is 22.7. The molecule has 2 fully saturated rings. The lowest BCUT2D eigenvalue weighted by molar-refractivity contribution is -0.123. The van der Waals surface area contributed by atoms with E-state index in [0.29, 0.717) is 12.8 Å². The van der Waals surface area contributed by atoms with Crippen molar-refractivity contribution in [2.45, 2.75) is 61.1 Å². The number of ketones is 1. The van der Waals surface area contributed by atoms with E-state index in [1.807, 2.05) is 133 Å². The fraction of sp³-hybridized carbons (Fsp3) is 0.245. The second kappa shape index (κ2) is 17.5. The highest BCUT2D eigenvalue weighted by Crippen LogP contribution is 2.52. The van der Waals surface area contributed by atoms with E-state index in [9.17, 15) is 10.2 Å². The monoisotopic (exact) mass is 900 g/mol. The van der Waals surface area contributed by atoms with E-state index >= 15 is 4.79 Å². The summed E-state index contributed by atoms with van der Waals surface area (Å²) >= 11 is 7.21. The number of anilines is 2. The molecule has 6 aromatic rings. The van der Waals surface area contributed by atoms with Crippen molar-refractivity contribution in [3.05, 3.63) is 189 Å². The summed E-state index contributed by atoms with van der Waals surface area (Å²) in [6.45, 7) is 0. The number of methoxy groups -OCH3 is 2. The first-order valence-electron chi connectivity index (χ1n) is 19.6. The van der Waals surface area contributed by atoms with E-state index in [4.69, 9.17) is 9.47 Å². The maximum atomic E-state index is 16.6. The smallest absolute Gasteiger partial charge is 0.151 e. The van der Waals surface area contributed by atoms with Crippen molar-refractivity contribution in [1.29, 1.82) is 0 Å². The number of hydrogen-bond acceptors (Lipinski definition) is 7. The number of carbonyl (C=O) groups excluding carboxylic acids is 1. The summed E-state index contributed by atoms with van der Waals surface area (Å²) < 4.78 is 12.9. The van der Waals surface area contributed by atoms with Crippen LogP contribution in [0.25, 0.3) is 0 Å². The number of hydrogen-bond donors (Lipinski definition) is 2. The summed E-state index contributed by atoms with van der Waals surface area (Å²) in [5, 5.41) is 24.3. The Bertz CT molecular complexity index is 2110. The molecule has 7 nitrogen and oxygen atoms in total. The van der Waals surface area contributed by atoms with E-state index in [0.717, 1.165) is 54.1 Å². The predicted octanol–water partition coefficient (Wildman–Crippen LogP) is 10.4. The Balaban J connectivity index is 1.35. The predicted molar refractivity (Wildman–Crippen MR) is 237 cm³/mol. The average molecular weight is 903 g/mol. The molecule has 0 spiro atoms. The molecule has 2 unspecified atom stereocenters. The molecule has 0 saturated carbocycles. The zero-order chi connectivity index (χ0) is 40.3. The fourth-order valence-corrected chi connectivity index (χ4v) is 9.92. The molecule has 8 rings (SSSR count). The highest BCUT2D eigenvalue weighted by Gasteiger charge is 2.54. The van der Waals surface area contributed by atoms with Gasteiger partial charge in [0.25, 0.3) is 0 Å². The molecule has 58 heavy (non-hydrogen) atoms. The van der Waals surface area contributed by atoms with Crippen molar-refractivity contribution in [1.82, 2.24) is 0 Å². The molecule has 0 aliphatic carbocycles. The molecule has 2 heterocycles. The summed E-state index contributed by atoms with van der Waals surface area (Å²) in [5.74, 6) is -0.396. The molecule has 2 aliphatic rings. The lowest BCUT2D eigenvalue weighted by Crippen LogP contribution is -2.49. The third-order valence-electron chi connectivity index (χ3n) is 12.0. The van der Waals surface area contributed by atoms with E-state index in [1.54, 1.807) is 14.2 Å². The van der Waals surface area contributed by atoms with Crippen molar-refractivity contribution in [3.8, 4) is 11.5 Å². The second-order valence-corrected chi connectivity index (χ2v) is 17.0. The second-order valence-electron chi connectivity index (χ2n) is 15.1. The zero-order valence-corrected chi connectivity index (χ0v) is 35.5. The quantitative estimate of drug-likeness (QED) is 0.127. The first-order valence-corrected chi connectivity index (χ1v) is 21.2. The molecule has 0 aromatic heterocycles. The summed E-state index contributed by atoms with van der Waals surface area (Å²) in [4.78, 5) is 20.7. The minimum Gasteiger partial charge on any atom is -0.497 e. The molecule has 2 aliphatic heterocycles. The van der Waals surface area contributed by atoms with Crippen LogP contribution in [0, 0.1) is 0 Å². The fourth-order valence-electron chi connectivity index (χ4n) is 9.39. The van der Waals surface area contributed by atoms with Crippen LogP contribution in [0.4, 0.5) is 11.4 Å². The Kier molecular flexibility index (Phi) is 12.0. The molecule has 9 heteroatoms. The van der Waals surface area contributed by atoms with Gasteiger partial charge in [-0.15, -0.1) is 0 Å². The van der Waals surface area contributed by atoms with Crippen LogP contribution in [0.15, 0.2) is 167 Å². The van der Waals surface area contributed by atoms with Gasteiger partial charge in [-0.3, -0.25) is 4.79 Å². The minimum absolute atomic E-state index is 0.0110. The molecule has 296 valence electrons. The highest BCUT2D eigenvalue weighted by atomic mass is 79.9. The Morgan fingerprint density at radius 3 is 1.21 bits per heavy atom. The summed E-state index contributed by atoms with van der Waals surface area (Å²) in [6, 6.07) is 51.0. The van der Waals surface area contributed by atoms with E-state index in [1.165, 1.54) is 0 Å². The number of Topliss-reactive ketones (excluding diaryl/α,β-unsaturated/α-hetero) is 1. The first kappa shape index (κ1) is 39.9. The molecular weight excluding hydrogens is 856 g/mol. The van der Waals surface area contributed by atoms with Gasteiger partial charge in [0.2, 0.25) is 0 Å². The Morgan fingerprint density at radius 2 is 0.879 bits per heavy atom. The van der Waals surface area contributed by atoms with Crippen LogP contribution in [0.5, 0.6) is 11.5 Å². The van der Waals surface area contributed by atoms with Crippen molar-refractivity contribution >= 4 is 49.0 Å². The molecule has 8 atom stereocenters. The van der Waals surface area contributed by atoms with Crippen LogP contribution in [-0.4, -0.2) is 54.8 Å². The average Bonchev–Trinajstić information content (AvgIpc) is 3.78. The van der Waals surface area contributed by atoms with Crippen molar-refractivity contribution in [3.63, 3.8) is 0 Å². The number of aliphatic hydroxyl groups excluding tert-OH is 2. The van der Waals surface area contributed by atoms with Gasteiger partial charge in [-0.05, 0) is 95.1 Å².